The Morgan fingerprint density at radius 1 is 1.36 bits per heavy atom. The molecule has 0 spiro atoms. The lowest BCUT2D eigenvalue weighted by Gasteiger charge is -2.10. The second kappa shape index (κ2) is 3.49. The molecule has 2 heterocycles. The number of nitrogens with zero attached hydrogens (tertiary/aromatic N) is 4. The molecule has 0 saturated heterocycles. The van der Waals surface area contributed by atoms with Crippen molar-refractivity contribution in [2.24, 2.45) is 0 Å². The van der Waals surface area contributed by atoms with Crippen molar-refractivity contribution in [1.82, 2.24) is 14.8 Å². The fourth-order valence-electron chi connectivity index (χ4n) is 1.15. The van der Waals surface area contributed by atoms with Gasteiger partial charge in [0.05, 0.1) is 18.1 Å². The zero-order chi connectivity index (χ0) is 9.97. The van der Waals surface area contributed by atoms with Crippen molar-refractivity contribution < 1.29 is 0 Å². The number of rotatable bonds is 2. The SMILES string of the molecule is CN(C)c1ccc(-n2c[c]cn2)cn1. The van der Waals surface area contributed by atoms with Crippen LogP contribution < -0.4 is 4.90 Å². The van der Waals surface area contributed by atoms with E-state index in [1.54, 1.807) is 23.3 Å². The summed E-state index contributed by atoms with van der Waals surface area (Å²) >= 11 is 0. The molecule has 1 radical (unpaired) electrons. The largest absolute Gasteiger partial charge is 0.363 e. The van der Waals surface area contributed by atoms with Gasteiger partial charge in [0.15, 0.2) is 0 Å². The van der Waals surface area contributed by atoms with Gasteiger partial charge in [0.2, 0.25) is 0 Å². The van der Waals surface area contributed by atoms with Crippen LogP contribution in [0.15, 0.2) is 30.7 Å². The van der Waals surface area contributed by atoms with E-state index in [2.05, 4.69) is 16.1 Å². The van der Waals surface area contributed by atoms with Gasteiger partial charge >= 0.3 is 0 Å². The van der Waals surface area contributed by atoms with E-state index >= 15 is 0 Å². The molecule has 14 heavy (non-hydrogen) atoms. The van der Waals surface area contributed by atoms with Crippen LogP contribution in [0.25, 0.3) is 5.69 Å². The van der Waals surface area contributed by atoms with Crippen LogP contribution in [0.5, 0.6) is 0 Å². The van der Waals surface area contributed by atoms with E-state index in [-0.39, 0.29) is 0 Å². The maximum absolute atomic E-state index is 4.29. The van der Waals surface area contributed by atoms with Crippen molar-refractivity contribution in [2.75, 3.05) is 19.0 Å². The fourth-order valence-corrected chi connectivity index (χ4v) is 1.15. The number of anilines is 1. The molecule has 0 atom stereocenters. The molecular weight excluding hydrogens is 176 g/mol. The van der Waals surface area contributed by atoms with Gasteiger partial charge in [0, 0.05) is 26.4 Å². The lowest BCUT2D eigenvalue weighted by molar-refractivity contribution is 0.872. The van der Waals surface area contributed by atoms with Crippen molar-refractivity contribution >= 4 is 5.82 Å². The summed E-state index contributed by atoms with van der Waals surface area (Å²) < 4.78 is 1.73. The molecular formula is C10H11N4. The first kappa shape index (κ1) is 8.74. The summed E-state index contributed by atoms with van der Waals surface area (Å²) in [5.41, 5.74) is 0.942. The third-order valence-electron chi connectivity index (χ3n) is 1.91. The summed E-state index contributed by atoms with van der Waals surface area (Å²) in [6.45, 7) is 0. The molecule has 0 saturated carbocycles. The smallest absolute Gasteiger partial charge is 0.128 e. The first-order valence-electron chi connectivity index (χ1n) is 4.32. The summed E-state index contributed by atoms with van der Waals surface area (Å²) in [7, 11) is 3.92. The number of hydrogen-bond acceptors (Lipinski definition) is 3. The van der Waals surface area contributed by atoms with Gasteiger partial charge in [-0.15, -0.1) is 0 Å². The quantitative estimate of drug-likeness (QED) is 0.706. The van der Waals surface area contributed by atoms with Gasteiger partial charge in [-0.1, -0.05) is 0 Å². The molecule has 0 aliphatic rings. The predicted molar refractivity (Wildman–Crippen MR) is 54.5 cm³/mol. The van der Waals surface area contributed by atoms with E-state index in [1.165, 1.54) is 0 Å². The molecule has 0 unspecified atom stereocenters. The Balaban J connectivity index is 2.31. The van der Waals surface area contributed by atoms with Crippen LogP contribution in [-0.2, 0) is 0 Å². The number of hydrogen-bond donors (Lipinski definition) is 0. The Hall–Kier alpha value is -1.84. The van der Waals surface area contributed by atoms with Gasteiger partial charge < -0.3 is 4.90 Å². The van der Waals surface area contributed by atoms with Crippen LogP contribution in [0.4, 0.5) is 5.82 Å². The Kier molecular flexibility index (Phi) is 2.18. The van der Waals surface area contributed by atoms with Crippen LogP contribution in [0, 0.1) is 6.07 Å². The van der Waals surface area contributed by atoms with E-state index < -0.39 is 0 Å². The first-order valence-corrected chi connectivity index (χ1v) is 4.32. The van der Waals surface area contributed by atoms with Crippen LogP contribution in [-0.4, -0.2) is 28.9 Å². The minimum atomic E-state index is 0.935. The van der Waals surface area contributed by atoms with Gasteiger partial charge in [-0.2, -0.15) is 5.10 Å². The van der Waals surface area contributed by atoms with Gasteiger partial charge in [0.25, 0.3) is 0 Å². The lowest BCUT2D eigenvalue weighted by Crippen LogP contribution is -2.10. The molecule has 71 valence electrons. The summed E-state index contributed by atoms with van der Waals surface area (Å²) in [5, 5.41) is 4.07. The second-order valence-electron chi connectivity index (χ2n) is 3.15. The summed E-state index contributed by atoms with van der Waals surface area (Å²) in [5.74, 6) is 0.935. The average Bonchev–Trinajstić information content (AvgIpc) is 2.71. The van der Waals surface area contributed by atoms with Gasteiger partial charge in [-0.25, -0.2) is 9.67 Å². The molecule has 4 heteroatoms. The number of pyridine rings is 1. The van der Waals surface area contributed by atoms with Crippen molar-refractivity contribution in [2.45, 2.75) is 0 Å². The normalized spacial score (nSPS) is 10.1. The molecule has 2 aromatic heterocycles. The highest BCUT2D eigenvalue weighted by Crippen LogP contribution is 2.10. The highest BCUT2D eigenvalue weighted by molar-refractivity contribution is 5.41. The highest BCUT2D eigenvalue weighted by atomic mass is 15.3. The van der Waals surface area contributed by atoms with E-state index in [0.717, 1.165) is 11.5 Å². The van der Waals surface area contributed by atoms with Crippen LogP contribution in [0.2, 0.25) is 0 Å². The van der Waals surface area contributed by atoms with Crippen LogP contribution in [0.1, 0.15) is 0 Å². The molecule has 0 fully saturated rings. The molecule has 0 aliphatic heterocycles. The molecule has 0 N–H and O–H groups in total. The van der Waals surface area contributed by atoms with Crippen molar-refractivity contribution in [3.8, 4) is 5.69 Å². The minimum Gasteiger partial charge on any atom is -0.363 e. The third kappa shape index (κ3) is 1.59. The van der Waals surface area contributed by atoms with Gasteiger partial charge in [0.1, 0.15) is 5.82 Å². The molecule has 2 rings (SSSR count). The molecule has 0 aromatic carbocycles. The van der Waals surface area contributed by atoms with Crippen LogP contribution in [0.3, 0.4) is 0 Å². The number of aromatic nitrogens is 3. The predicted octanol–water partition coefficient (Wildman–Crippen LogP) is 1.13. The topological polar surface area (TPSA) is 34.0 Å². The summed E-state index contributed by atoms with van der Waals surface area (Å²) in [6, 6.07) is 6.81. The Bertz CT molecular complexity index is 389. The van der Waals surface area contributed by atoms with E-state index in [4.69, 9.17) is 0 Å². The molecule has 0 amide bonds. The second-order valence-corrected chi connectivity index (χ2v) is 3.15. The zero-order valence-electron chi connectivity index (χ0n) is 8.18. The van der Waals surface area contributed by atoms with E-state index in [0.29, 0.717) is 0 Å². The third-order valence-corrected chi connectivity index (χ3v) is 1.91. The Morgan fingerprint density at radius 2 is 2.21 bits per heavy atom. The summed E-state index contributed by atoms with van der Waals surface area (Å²) in [6.07, 6.45) is 5.18. The minimum absolute atomic E-state index is 0.935. The zero-order valence-corrected chi connectivity index (χ0v) is 8.18. The monoisotopic (exact) mass is 187 g/mol. The maximum atomic E-state index is 4.29. The molecule has 4 nitrogen and oxygen atoms in total. The van der Waals surface area contributed by atoms with Gasteiger partial charge in [-0.3, -0.25) is 0 Å². The standard InChI is InChI=1S/C10H11N4/c1-13(2)10-5-4-9(8-11-10)14-7-3-6-12-14/h4-8H,1-2H3. The fraction of sp³-hybridized carbons (Fsp3) is 0.200. The first-order chi connectivity index (χ1) is 6.77. The van der Waals surface area contributed by atoms with Crippen molar-refractivity contribution in [3.05, 3.63) is 36.8 Å². The van der Waals surface area contributed by atoms with E-state index in [1.807, 2.05) is 31.1 Å². The van der Waals surface area contributed by atoms with Crippen molar-refractivity contribution in [1.29, 1.82) is 0 Å². The maximum Gasteiger partial charge on any atom is 0.128 e. The average molecular weight is 187 g/mol. The summed E-state index contributed by atoms with van der Waals surface area (Å²) in [4.78, 5) is 6.24. The Labute approximate surface area is 82.8 Å². The van der Waals surface area contributed by atoms with Crippen molar-refractivity contribution in [3.63, 3.8) is 0 Å². The Morgan fingerprint density at radius 3 is 2.71 bits per heavy atom. The molecule has 0 bridgehead atoms. The van der Waals surface area contributed by atoms with Crippen LogP contribution >= 0.6 is 0 Å². The molecule has 2 aromatic rings. The van der Waals surface area contributed by atoms with E-state index in [9.17, 15) is 0 Å². The lowest BCUT2D eigenvalue weighted by atomic mass is 10.4. The van der Waals surface area contributed by atoms with Gasteiger partial charge in [-0.05, 0) is 12.1 Å². The highest BCUT2D eigenvalue weighted by Gasteiger charge is 1.98. The molecule has 0 aliphatic carbocycles.